The third-order valence-corrected chi connectivity index (χ3v) is 6.03. The monoisotopic (exact) mass is 362 g/mol. The van der Waals surface area contributed by atoms with Crippen LogP contribution < -0.4 is 0 Å². The lowest BCUT2D eigenvalue weighted by atomic mass is 9.67. The van der Waals surface area contributed by atoms with Crippen LogP contribution in [0.25, 0.3) is 11.1 Å². The van der Waals surface area contributed by atoms with E-state index in [1.807, 2.05) is 13.0 Å². The number of aryl methyl sites for hydroxylation is 2. The molecule has 1 nitrogen and oxygen atoms in total. The molecule has 0 aliphatic heterocycles. The predicted octanol–water partition coefficient (Wildman–Crippen LogP) is 6.37. The summed E-state index contributed by atoms with van der Waals surface area (Å²) < 4.78 is 0. The van der Waals surface area contributed by atoms with Gasteiger partial charge in [0, 0.05) is 0 Å². The van der Waals surface area contributed by atoms with E-state index in [1.165, 1.54) is 38.9 Å². The van der Waals surface area contributed by atoms with E-state index in [4.69, 9.17) is 0 Å². The van der Waals surface area contributed by atoms with Gasteiger partial charge in [0.25, 0.3) is 0 Å². The quantitative estimate of drug-likeness (QED) is 0.387. The van der Waals surface area contributed by atoms with Crippen LogP contribution in [0.15, 0.2) is 91.0 Å². The molecule has 1 aliphatic rings. The van der Waals surface area contributed by atoms with Crippen molar-refractivity contribution in [2.24, 2.45) is 0 Å². The van der Waals surface area contributed by atoms with E-state index in [2.05, 4.69) is 91.9 Å². The summed E-state index contributed by atoms with van der Waals surface area (Å²) in [6.07, 6.45) is 0. The van der Waals surface area contributed by atoms with Crippen LogP contribution in [0.4, 0.5) is 0 Å². The molecular formula is C27H22O. The van der Waals surface area contributed by atoms with E-state index in [0.29, 0.717) is 5.75 Å². The largest absolute Gasteiger partial charge is 0.508 e. The van der Waals surface area contributed by atoms with Gasteiger partial charge in [0.2, 0.25) is 0 Å². The zero-order valence-corrected chi connectivity index (χ0v) is 16.1. The number of phenolic OH excluding ortho intramolecular Hbond substituents is 1. The third kappa shape index (κ3) is 2.20. The average Bonchev–Trinajstić information content (AvgIpc) is 3.02. The van der Waals surface area contributed by atoms with Crippen molar-refractivity contribution < 1.29 is 5.11 Å². The van der Waals surface area contributed by atoms with Crippen LogP contribution in [0.3, 0.4) is 0 Å². The van der Waals surface area contributed by atoms with Crippen molar-refractivity contribution in [1.29, 1.82) is 0 Å². The first-order chi connectivity index (χ1) is 13.6. The Kier molecular flexibility index (Phi) is 3.67. The molecule has 1 heteroatoms. The van der Waals surface area contributed by atoms with Gasteiger partial charge in [0.1, 0.15) is 5.75 Å². The van der Waals surface area contributed by atoms with Crippen molar-refractivity contribution in [3.63, 3.8) is 0 Å². The molecular weight excluding hydrogens is 340 g/mol. The number of hydrogen-bond acceptors (Lipinski definition) is 1. The molecule has 0 heterocycles. The minimum atomic E-state index is -0.391. The molecule has 0 saturated carbocycles. The highest BCUT2D eigenvalue weighted by Crippen LogP contribution is 2.56. The topological polar surface area (TPSA) is 20.2 Å². The first-order valence-electron chi connectivity index (χ1n) is 9.69. The number of rotatable bonds is 2. The molecule has 0 saturated heterocycles. The Labute approximate surface area is 165 Å². The lowest BCUT2D eigenvalue weighted by molar-refractivity contribution is 0.470. The van der Waals surface area contributed by atoms with Gasteiger partial charge in [-0.15, -0.1) is 0 Å². The van der Waals surface area contributed by atoms with Crippen LogP contribution in [-0.2, 0) is 5.41 Å². The summed E-state index contributed by atoms with van der Waals surface area (Å²) in [5, 5.41) is 10.2. The molecule has 28 heavy (non-hydrogen) atoms. The van der Waals surface area contributed by atoms with Gasteiger partial charge in [-0.05, 0) is 58.9 Å². The summed E-state index contributed by atoms with van der Waals surface area (Å²) in [6, 6.07) is 32.3. The van der Waals surface area contributed by atoms with Crippen molar-refractivity contribution in [1.82, 2.24) is 0 Å². The molecule has 0 atom stereocenters. The van der Waals surface area contributed by atoms with Gasteiger partial charge >= 0.3 is 0 Å². The van der Waals surface area contributed by atoms with Crippen LogP contribution in [0.2, 0.25) is 0 Å². The molecule has 0 amide bonds. The first-order valence-corrected chi connectivity index (χ1v) is 9.69. The van der Waals surface area contributed by atoms with E-state index in [9.17, 15) is 5.11 Å². The lowest BCUT2D eigenvalue weighted by Crippen LogP contribution is -2.28. The Bertz CT molecular complexity index is 1160. The summed E-state index contributed by atoms with van der Waals surface area (Å²) in [5.74, 6) is 0.336. The van der Waals surface area contributed by atoms with Crippen LogP contribution >= 0.6 is 0 Å². The predicted molar refractivity (Wildman–Crippen MR) is 115 cm³/mol. The number of aromatic hydroxyl groups is 1. The molecule has 0 radical (unpaired) electrons. The van der Waals surface area contributed by atoms with E-state index in [1.54, 1.807) is 0 Å². The third-order valence-electron chi connectivity index (χ3n) is 6.03. The highest BCUT2D eigenvalue weighted by molar-refractivity contribution is 5.86. The molecule has 1 aliphatic carbocycles. The Morgan fingerprint density at radius 1 is 0.607 bits per heavy atom. The van der Waals surface area contributed by atoms with E-state index in [-0.39, 0.29) is 0 Å². The summed E-state index contributed by atoms with van der Waals surface area (Å²) in [7, 11) is 0. The van der Waals surface area contributed by atoms with Gasteiger partial charge < -0.3 is 5.11 Å². The summed E-state index contributed by atoms with van der Waals surface area (Å²) in [4.78, 5) is 0. The maximum absolute atomic E-state index is 10.2. The van der Waals surface area contributed by atoms with Crippen molar-refractivity contribution in [2.45, 2.75) is 19.3 Å². The SMILES string of the molecule is Cc1cccc(C2(c3ccc(O)c(C)c3)c3ccccc3-c3ccccc32)c1. The van der Waals surface area contributed by atoms with Crippen LogP contribution in [0.5, 0.6) is 5.75 Å². The fraction of sp³-hybridized carbons (Fsp3) is 0.111. The standard InChI is InChI=1S/C27H22O/c1-18-8-7-9-20(16-18)27(21-14-15-26(28)19(2)17-21)24-12-5-3-10-22(24)23-11-4-6-13-25(23)27/h3-17,28H,1-2H3. The highest BCUT2D eigenvalue weighted by atomic mass is 16.3. The second kappa shape index (κ2) is 6.10. The number of fused-ring (bicyclic) bond motifs is 3. The number of phenols is 1. The molecule has 5 rings (SSSR count). The van der Waals surface area contributed by atoms with Crippen LogP contribution in [0.1, 0.15) is 33.4 Å². The van der Waals surface area contributed by atoms with Crippen LogP contribution in [0, 0.1) is 13.8 Å². The summed E-state index contributed by atoms with van der Waals surface area (Å²) in [5.41, 5.74) is 9.35. The average molecular weight is 362 g/mol. The maximum atomic E-state index is 10.2. The fourth-order valence-electron chi connectivity index (χ4n) is 4.79. The number of benzene rings is 4. The normalized spacial score (nSPS) is 13.8. The second-order valence-electron chi connectivity index (χ2n) is 7.71. The van der Waals surface area contributed by atoms with Crippen molar-refractivity contribution in [3.05, 3.63) is 124 Å². The van der Waals surface area contributed by atoms with Crippen molar-refractivity contribution in [2.75, 3.05) is 0 Å². The Morgan fingerprint density at radius 3 is 1.82 bits per heavy atom. The maximum Gasteiger partial charge on any atom is 0.118 e. The number of hydrogen-bond donors (Lipinski definition) is 1. The Hall–Kier alpha value is -3.32. The van der Waals surface area contributed by atoms with Crippen molar-refractivity contribution in [3.8, 4) is 16.9 Å². The highest BCUT2D eigenvalue weighted by Gasteiger charge is 2.45. The zero-order chi connectivity index (χ0) is 19.3. The van der Waals surface area contributed by atoms with Gasteiger partial charge in [-0.1, -0.05) is 90.5 Å². The van der Waals surface area contributed by atoms with Gasteiger partial charge in [0.15, 0.2) is 0 Å². The second-order valence-corrected chi connectivity index (χ2v) is 7.71. The molecule has 0 spiro atoms. The minimum absolute atomic E-state index is 0.336. The molecule has 136 valence electrons. The molecule has 4 aromatic rings. The first kappa shape index (κ1) is 16.8. The lowest BCUT2D eigenvalue weighted by Gasteiger charge is -2.34. The molecule has 0 fully saturated rings. The molecule has 0 unspecified atom stereocenters. The van der Waals surface area contributed by atoms with Gasteiger partial charge in [-0.3, -0.25) is 0 Å². The van der Waals surface area contributed by atoms with Crippen LogP contribution in [-0.4, -0.2) is 5.11 Å². The van der Waals surface area contributed by atoms with E-state index >= 15 is 0 Å². The molecule has 1 N–H and O–H groups in total. The fourth-order valence-corrected chi connectivity index (χ4v) is 4.79. The smallest absolute Gasteiger partial charge is 0.118 e. The molecule has 0 bridgehead atoms. The minimum Gasteiger partial charge on any atom is -0.508 e. The van der Waals surface area contributed by atoms with Gasteiger partial charge in [0.05, 0.1) is 5.41 Å². The summed E-state index contributed by atoms with van der Waals surface area (Å²) >= 11 is 0. The van der Waals surface area contributed by atoms with Gasteiger partial charge in [-0.2, -0.15) is 0 Å². The van der Waals surface area contributed by atoms with Gasteiger partial charge in [-0.25, -0.2) is 0 Å². The molecule has 4 aromatic carbocycles. The van der Waals surface area contributed by atoms with E-state index < -0.39 is 5.41 Å². The summed E-state index contributed by atoms with van der Waals surface area (Å²) in [6.45, 7) is 4.11. The van der Waals surface area contributed by atoms with E-state index in [0.717, 1.165) is 5.56 Å². The Morgan fingerprint density at radius 2 is 1.21 bits per heavy atom. The Balaban J connectivity index is 1.97. The zero-order valence-electron chi connectivity index (χ0n) is 16.1. The van der Waals surface area contributed by atoms with Crippen molar-refractivity contribution >= 4 is 0 Å². The molecule has 0 aromatic heterocycles.